The van der Waals surface area contributed by atoms with E-state index in [4.69, 9.17) is 9.47 Å². The van der Waals surface area contributed by atoms with Crippen molar-refractivity contribution in [3.8, 4) is 11.5 Å². The summed E-state index contributed by atoms with van der Waals surface area (Å²) >= 11 is 0. The molecule has 0 atom stereocenters. The second-order valence-corrected chi connectivity index (χ2v) is 7.09. The monoisotopic (exact) mass is 471 g/mol. The van der Waals surface area contributed by atoms with Crippen LogP contribution >= 0.6 is 0 Å². The van der Waals surface area contributed by atoms with Gasteiger partial charge in [-0.3, -0.25) is 4.79 Å². The molecule has 6 nitrogen and oxygen atoms in total. The molecule has 1 aliphatic carbocycles. The smallest absolute Gasteiger partial charge is 0.231 e. The van der Waals surface area contributed by atoms with Crippen LogP contribution in [0.5, 0.6) is 11.5 Å². The van der Waals surface area contributed by atoms with Crippen molar-refractivity contribution in [1.82, 2.24) is 0 Å². The molecule has 1 saturated carbocycles. The number of para-hydroxylation sites is 1. The van der Waals surface area contributed by atoms with Crippen molar-refractivity contribution in [1.29, 1.82) is 0 Å². The van der Waals surface area contributed by atoms with Crippen LogP contribution < -0.4 is 14.8 Å². The van der Waals surface area contributed by atoms with Gasteiger partial charge < -0.3 is 24.4 Å². The molecule has 0 bridgehead atoms. The van der Waals surface area contributed by atoms with Gasteiger partial charge in [0.25, 0.3) is 0 Å². The highest BCUT2D eigenvalue weighted by Crippen LogP contribution is 2.32. The quantitative estimate of drug-likeness (QED) is 0.479. The van der Waals surface area contributed by atoms with E-state index >= 15 is 0 Å². The Hall–Kier alpha value is -3.15. The van der Waals surface area contributed by atoms with Gasteiger partial charge in [0.05, 0.1) is 0 Å². The molecule has 0 unspecified atom stereocenters. The highest BCUT2D eigenvalue weighted by atomic mass is 16.7. The minimum atomic E-state index is 0.278. The van der Waals surface area contributed by atoms with E-state index in [0.29, 0.717) is 12.8 Å². The molecule has 1 fully saturated rings. The largest absolute Gasteiger partial charge is 0.454 e. The number of carbonyl (C=O) groups excluding carboxylic acids is 3. The first-order chi connectivity index (χ1) is 16.8. The summed E-state index contributed by atoms with van der Waals surface area (Å²) in [7, 11) is 0. The Balaban J connectivity index is 0.000000453. The van der Waals surface area contributed by atoms with Crippen LogP contribution in [-0.4, -0.2) is 25.8 Å². The number of amides is 1. The second-order valence-electron chi connectivity index (χ2n) is 7.09. The van der Waals surface area contributed by atoms with Crippen molar-refractivity contribution < 1.29 is 23.9 Å². The Bertz CT molecular complexity index is 774. The summed E-state index contributed by atoms with van der Waals surface area (Å²) in [5, 5.41) is 2.53. The first-order valence-electron chi connectivity index (χ1n) is 12.3. The second kappa shape index (κ2) is 21.7. The number of benzene rings is 2. The number of carbonyl (C=O) groups is 3. The zero-order chi connectivity index (χ0) is 25.4. The topological polar surface area (TPSA) is 81.7 Å². The predicted octanol–water partition coefficient (Wildman–Crippen LogP) is 6.62. The van der Waals surface area contributed by atoms with E-state index in [0.717, 1.165) is 47.7 Å². The third-order valence-electron chi connectivity index (χ3n) is 4.91. The highest BCUT2D eigenvalue weighted by Gasteiger charge is 2.12. The third-order valence-corrected chi connectivity index (χ3v) is 4.91. The van der Waals surface area contributed by atoms with Crippen molar-refractivity contribution in [2.45, 2.75) is 72.6 Å². The summed E-state index contributed by atoms with van der Waals surface area (Å²) in [5.74, 6) is 2.22. The fraction of sp³-hybridized carbons (Fsp3) is 0.464. The van der Waals surface area contributed by atoms with Gasteiger partial charge in [0.1, 0.15) is 12.6 Å². The van der Waals surface area contributed by atoms with Crippen LogP contribution in [0.4, 0.5) is 5.69 Å². The molecule has 2 aliphatic rings. The molecule has 4 rings (SSSR count). The van der Waals surface area contributed by atoms with Crippen LogP contribution in [0.2, 0.25) is 0 Å². The van der Waals surface area contributed by atoms with Gasteiger partial charge in [-0.2, -0.15) is 0 Å². The van der Waals surface area contributed by atoms with Crippen LogP contribution in [-0.2, 0) is 20.8 Å². The van der Waals surface area contributed by atoms with Crippen molar-refractivity contribution in [3.63, 3.8) is 0 Å². The van der Waals surface area contributed by atoms with Crippen LogP contribution in [0.3, 0.4) is 0 Å². The zero-order valence-corrected chi connectivity index (χ0v) is 21.1. The Labute approximate surface area is 205 Å². The molecular weight excluding hydrogens is 430 g/mol. The van der Waals surface area contributed by atoms with Crippen molar-refractivity contribution in [2.75, 3.05) is 12.1 Å². The summed E-state index contributed by atoms with van der Waals surface area (Å²) in [4.78, 5) is 30.1. The maximum absolute atomic E-state index is 10.2. The molecule has 0 saturated heterocycles. The predicted molar refractivity (Wildman–Crippen MR) is 138 cm³/mol. The van der Waals surface area contributed by atoms with Crippen molar-refractivity contribution in [2.24, 2.45) is 5.92 Å². The molecule has 0 radical (unpaired) electrons. The minimum Gasteiger partial charge on any atom is -0.454 e. The lowest BCUT2D eigenvalue weighted by molar-refractivity contribution is -0.109. The molecule has 0 aromatic heterocycles. The zero-order valence-electron chi connectivity index (χ0n) is 21.1. The third kappa shape index (κ3) is 13.4. The number of hydrogen-bond donors (Lipinski definition) is 1. The number of anilines is 1. The number of fused-ring (bicyclic) bond motifs is 1. The van der Waals surface area contributed by atoms with Gasteiger partial charge in [0.2, 0.25) is 13.2 Å². The van der Waals surface area contributed by atoms with Gasteiger partial charge in [-0.1, -0.05) is 84.1 Å². The van der Waals surface area contributed by atoms with Gasteiger partial charge >= 0.3 is 0 Å². The SMILES string of the molecule is CC.CC.O=CCC1CCCCC1.O=CCc1ccc2c(c1)OCO2.O=CNc1ccccc1. The average Bonchev–Trinajstić information content (AvgIpc) is 3.37. The summed E-state index contributed by atoms with van der Waals surface area (Å²) in [5.41, 5.74) is 1.78. The molecule has 1 aliphatic heterocycles. The fourth-order valence-electron chi connectivity index (χ4n) is 3.33. The van der Waals surface area contributed by atoms with Gasteiger partial charge in [-0.05, 0) is 35.7 Å². The molecule has 188 valence electrons. The molecule has 1 heterocycles. The maximum Gasteiger partial charge on any atom is 0.231 e. The molecule has 2 aromatic rings. The number of nitrogens with one attached hydrogen (secondary N) is 1. The lowest BCUT2D eigenvalue weighted by atomic mass is 9.87. The van der Waals surface area contributed by atoms with Crippen LogP contribution in [0, 0.1) is 5.92 Å². The molecule has 1 amide bonds. The molecule has 2 aromatic carbocycles. The lowest BCUT2D eigenvalue weighted by Crippen LogP contribution is -2.05. The van der Waals surface area contributed by atoms with Crippen LogP contribution in [0.25, 0.3) is 0 Å². The molecule has 1 N–H and O–H groups in total. The Kier molecular flexibility index (Phi) is 19.7. The van der Waals surface area contributed by atoms with Gasteiger partial charge in [-0.15, -0.1) is 0 Å². The van der Waals surface area contributed by atoms with E-state index in [1.165, 1.54) is 32.1 Å². The summed E-state index contributed by atoms with van der Waals surface area (Å²) in [6.07, 6.45) is 10.5. The molecule has 34 heavy (non-hydrogen) atoms. The minimum absolute atomic E-state index is 0.278. The van der Waals surface area contributed by atoms with Gasteiger partial charge in [0, 0.05) is 18.5 Å². The average molecular weight is 472 g/mol. The number of ether oxygens (including phenoxy) is 2. The molecule has 6 heteroatoms. The van der Waals surface area contributed by atoms with E-state index in [-0.39, 0.29) is 6.79 Å². The first kappa shape index (κ1) is 30.9. The van der Waals surface area contributed by atoms with E-state index < -0.39 is 0 Å². The Morgan fingerprint density at radius 1 is 0.824 bits per heavy atom. The van der Waals surface area contributed by atoms with Crippen LogP contribution in [0.1, 0.15) is 71.8 Å². The first-order valence-corrected chi connectivity index (χ1v) is 12.3. The summed E-state index contributed by atoms with van der Waals surface area (Å²) in [6.45, 7) is 8.28. The molecular formula is C28H41NO5. The van der Waals surface area contributed by atoms with Crippen molar-refractivity contribution >= 4 is 24.7 Å². The van der Waals surface area contributed by atoms with E-state index in [9.17, 15) is 14.4 Å². The Morgan fingerprint density at radius 2 is 1.47 bits per heavy atom. The highest BCUT2D eigenvalue weighted by molar-refractivity contribution is 5.70. The van der Waals surface area contributed by atoms with E-state index in [2.05, 4.69) is 5.32 Å². The molecule has 0 spiro atoms. The summed E-state index contributed by atoms with van der Waals surface area (Å²) < 4.78 is 10.3. The normalized spacial score (nSPS) is 12.9. The number of rotatable bonds is 6. The standard InChI is InChI=1S/C9H8O3.C8H14O.C7H7NO.2C2H6/c10-4-3-7-1-2-8-9(5-7)12-6-11-8;9-7-6-8-4-2-1-3-5-8;9-6-8-7-4-2-1-3-5-7;2*1-2/h1-2,4-5H,3,6H2;7-8H,1-6H2;1-6H,(H,8,9);2*1-2H3. The van der Waals surface area contributed by atoms with Gasteiger partial charge in [-0.25, -0.2) is 0 Å². The summed E-state index contributed by atoms with van der Waals surface area (Å²) in [6, 6.07) is 14.8. The number of aldehydes is 2. The maximum atomic E-state index is 10.2. The van der Waals surface area contributed by atoms with Crippen LogP contribution in [0.15, 0.2) is 48.5 Å². The van der Waals surface area contributed by atoms with E-state index in [1.807, 2.05) is 76.2 Å². The van der Waals surface area contributed by atoms with Gasteiger partial charge in [0.15, 0.2) is 11.5 Å². The van der Waals surface area contributed by atoms with E-state index in [1.54, 1.807) is 0 Å². The lowest BCUT2D eigenvalue weighted by Gasteiger charge is -2.18. The Morgan fingerprint density at radius 3 is 2.06 bits per heavy atom. The fourth-order valence-corrected chi connectivity index (χ4v) is 3.33. The van der Waals surface area contributed by atoms with Crippen molar-refractivity contribution in [3.05, 3.63) is 54.1 Å². The number of hydrogen-bond acceptors (Lipinski definition) is 5.